The average molecular weight is 703 g/mol. The Labute approximate surface area is 294 Å². The Morgan fingerprint density at radius 3 is 2.47 bits per heavy atom. The van der Waals surface area contributed by atoms with Crippen molar-refractivity contribution in [1.29, 1.82) is 0 Å². The summed E-state index contributed by atoms with van der Waals surface area (Å²) in [4.78, 5) is 14.5. The van der Waals surface area contributed by atoms with Gasteiger partial charge >= 0.3 is 5.97 Å². The maximum Gasteiger partial charge on any atom is 0.316 e. The molecule has 0 amide bonds. The fraction of sp³-hybridized carbons (Fsp3) is 0.821. The number of allylic oxidation sites excluding steroid dienone is 2. The van der Waals surface area contributed by atoms with Gasteiger partial charge in [-0.2, -0.15) is 0 Å². The van der Waals surface area contributed by atoms with Crippen molar-refractivity contribution in [2.24, 2.45) is 23.7 Å². The van der Waals surface area contributed by atoms with E-state index in [0.29, 0.717) is 43.1 Å². The number of carbonyl (C=O) groups is 1. The van der Waals surface area contributed by atoms with E-state index in [0.717, 1.165) is 12.0 Å². The predicted molar refractivity (Wildman–Crippen MR) is 189 cm³/mol. The first-order valence-electron chi connectivity index (χ1n) is 18.7. The van der Waals surface area contributed by atoms with Gasteiger partial charge in [-0.05, 0) is 61.4 Å². The summed E-state index contributed by atoms with van der Waals surface area (Å²) in [5, 5.41) is 24.2. The molecule has 0 saturated carbocycles. The SMILES string of the molecule is CC1=C[C@H]2C(=O)O[C@H]3C[C@@H](CC4OC4(C)[C@H](O)[C@@H](C)/C=C/C=C4\CO[C@H]([C@@H]1O[Si](C)(C)C(C)(C)C)[C@@]42O)O[C@@]1(CC[C@H](C)[C@@H](C(C)C)O1)C3. The summed E-state index contributed by atoms with van der Waals surface area (Å²) in [6.45, 7) is 23.6. The molecule has 49 heavy (non-hydrogen) atoms. The lowest BCUT2D eigenvalue weighted by atomic mass is 9.71. The second-order valence-corrected chi connectivity index (χ2v) is 22.9. The van der Waals surface area contributed by atoms with Crippen molar-refractivity contribution >= 4 is 14.3 Å². The van der Waals surface area contributed by atoms with E-state index in [1.54, 1.807) is 0 Å². The number of carbonyl (C=O) groups excluding carboxylic acids is 1. The smallest absolute Gasteiger partial charge is 0.316 e. The third-order valence-corrected chi connectivity index (χ3v) is 17.5. The summed E-state index contributed by atoms with van der Waals surface area (Å²) in [5.74, 6) is -1.89. The van der Waals surface area contributed by atoms with Crippen molar-refractivity contribution in [2.75, 3.05) is 6.61 Å². The van der Waals surface area contributed by atoms with E-state index in [2.05, 4.69) is 54.6 Å². The van der Waals surface area contributed by atoms with Crippen LogP contribution in [0.15, 0.2) is 35.5 Å². The lowest BCUT2D eigenvalue weighted by Gasteiger charge is -2.51. The summed E-state index contributed by atoms with van der Waals surface area (Å²) in [7, 11) is -2.29. The van der Waals surface area contributed by atoms with Crippen molar-refractivity contribution in [2.45, 2.75) is 172 Å². The number of hydrogen-bond donors (Lipinski definition) is 2. The Morgan fingerprint density at radius 1 is 1.08 bits per heavy atom. The maximum atomic E-state index is 14.5. The van der Waals surface area contributed by atoms with Crippen molar-refractivity contribution in [3.63, 3.8) is 0 Å². The first kappa shape index (κ1) is 37.4. The van der Waals surface area contributed by atoms with Crippen molar-refractivity contribution in [3.05, 3.63) is 35.5 Å². The molecule has 2 unspecified atom stereocenters. The number of aliphatic hydroxyl groups is 2. The molecule has 1 aliphatic carbocycles. The van der Waals surface area contributed by atoms with Gasteiger partial charge in [-0.15, -0.1) is 0 Å². The van der Waals surface area contributed by atoms with Crippen LogP contribution >= 0.6 is 0 Å². The molecule has 1 spiro atoms. The van der Waals surface area contributed by atoms with Crippen LogP contribution in [-0.4, -0.2) is 90.8 Å². The van der Waals surface area contributed by atoms with E-state index < -0.39 is 61.6 Å². The molecular weight excluding hydrogens is 641 g/mol. The van der Waals surface area contributed by atoms with E-state index in [1.807, 2.05) is 45.1 Å². The van der Waals surface area contributed by atoms with Gasteiger partial charge in [-0.3, -0.25) is 4.79 Å². The van der Waals surface area contributed by atoms with Gasteiger partial charge in [0, 0.05) is 31.6 Å². The molecule has 0 aromatic rings. The molecule has 276 valence electrons. The van der Waals surface area contributed by atoms with Crippen molar-refractivity contribution in [1.82, 2.24) is 0 Å². The van der Waals surface area contributed by atoms with Crippen LogP contribution in [0.5, 0.6) is 0 Å². The molecule has 10 heteroatoms. The topological polar surface area (TPSA) is 116 Å². The molecule has 0 radical (unpaired) electrons. The normalized spacial score (nSPS) is 47.8. The minimum atomic E-state index is -2.29. The Hall–Kier alpha value is -1.37. The van der Waals surface area contributed by atoms with E-state index in [9.17, 15) is 15.0 Å². The van der Waals surface area contributed by atoms with Crippen LogP contribution in [0.1, 0.15) is 94.4 Å². The average Bonchev–Trinajstić information content (AvgIpc) is 3.53. The van der Waals surface area contributed by atoms with Gasteiger partial charge in [0.1, 0.15) is 29.3 Å². The number of esters is 1. The fourth-order valence-corrected chi connectivity index (χ4v) is 10.1. The highest BCUT2D eigenvalue weighted by Gasteiger charge is 2.63. The van der Waals surface area contributed by atoms with Crippen LogP contribution in [-0.2, 0) is 32.9 Å². The van der Waals surface area contributed by atoms with Crippen LogP contribution in [0.2, 0.25) is 18.1 Å². The minimum absolute atomic E-state index is 0.0187. The van der Waals surface area contributed by atoms with Crippen LogP contribution in [0, 0.1) is 23.7 Å². The molecule has 0 aromatic carbocycles. The van der Waals surface area contributed by atoms with E-state index >= 15 is 0 Å². The van der Waals surface area contributed by atoms with Crippen LogP contribution < -0.4 is 0 Å². The predicted octanol–water partition coefficient (Wildman–Crippen LogP) is 6.38. The largest absolute Gasteiger partial charge is 0.462 e. The van der Waals surface area contributed by atoms with Gasteiger partial charge in [0.15, 0.2) is 14.1 Å². The molecule has 6 aliphatic rings. The monoisotopic (exact) mass is 702 g/mol. The lowest BCUT2D eigenvalue weighted by Crippen LogP contribution is -2.61. The molecule has 6 rings (SSSR count). The molecule has 5 heterocycles. The molecule has 13 atom stereocenters. The fourth-order valence-electron chi connectivity index (χ4n) is 8.79. The summed E-state index contributed by atoms with van der Waals surface area (Å²) in [5.41, 5.74) is -0.943. The highest BCUT2D eigenvalue weighted by molar-refractivity contribution is 6.74. The Balaban J connectivity index is 1.39. The lowest BCUT2D eigenvalue weighted by molar-refractivity contribution is -0.341. The highest BCUT2D eigenvalue weighted by Crippen LogP contribution is 2.51. The minimum Gasteiger partial charge on any atom is -0.462 e. The first-order chi connectivity index (χ1) is 22.7. The van der Waals surface area contributed by atoms with Crippen molar-refractivity contribution in [3.8, 4) is 0 Å². The standard InChI is InChI=1S/C39H62O9Si/c1-22(2)31-23(3)15-16-38(47-31)20-28-18-27(45-38)19-30-37(9,46-30)33(40)24(4)13-12-14-26-21-43-34-32(48-49(10,11)36(6,7)8)25(5)17-29(35(41)44-28)39(26,34)42/h12-14,17,22-24,27-34,40,42H,15-16,18-21H2,1-11H3/b13-12+,26-14+/t23-,24-,27-,28-,29-,30?,31+,32+,33+,34+,37?,38+,39+/m0/s1. The van der Waals surface area contributed by atoms with Crippen LogP contribution in [0.25, 0.3) is 0 Å². The number of aliphatic hydroxyl groups excluding tert-OH is 1. The molecule has 4 saturated heterocycles. The Kier molecular flexibility index (Phi) is 9.87. The van der Waals surface area contributed by atoms with Crippen LogP contribution in [0.3, 0.4) is 0 Å². The second kappa shape index (κ2) is 12.9. The molecule has 9 nitrogen and oxygen atoms in total. The van der Waals surface area contributed by atoms with Gasteiger partial charge in [-0.25, -0.2) is 0 Å². The summed E-state index contributed by atoms with van der Waals surface area (Å²) in [6.07, 6.45) is 7.59. The van der Waals surface area contributed by atoms with Crippen LogP contribution in [0.4, 0.5) is 0 Å². The van der Waals surface area contributed by atoms with Gasteiger partial charge in [0.05, 0.1) is 37.1 Å². The van der Waals surface area contributed by atoms with Gasteiger partial charge in [0.2, 0.25) is 0 Å². The molecular formula is C39H62O9Si. The van der Waals surface area contributed by atoms with E-state index in [4.69, 9.17) is 28.1 Å². The maximum absolute atomic E-state index is 14.5. The van der Waals surface area contributed by atoms with E-state index in [1.165, 1.54) is 0 Å². The number of rotatable bonds is 3. The summed E-state index contributed by atoms with van der Waals surface area (Å²) in [6, 6.07) is 0. The quantitative estimate of drug-likeness (QED) is 0.150. The van der Waals surface area contributed by atoms with Gasteiger partial charge in [-0.1, -0.05) is 72.8 Å². The first-order valence-corrected chi connectivity index (χ1v) is 21.6. The number of hydrogen-bond acceptors (Lipinski definition) is 9. The highest BCUT2D eigenvalue weighted by atomic mass is 28.4. The molecule has 4 fully saturated rings. The number of epoxide rings is 1. The number of ether oxygens (including phenoxy) is 5. The van der Waals surface area contributed by atoms with Gasteiger partial charge in [0.25, 0.3) is 0 Å². The molecule has 5 aliphatic heterocycles. The second-order valence-electron chi connectivity index (χ2n) is 18.1. The Morgan fingerprint density at radius 2 is 1.80 bits per heavy atom. The zero-order valence-corrected chi connectivity index (χ0v) is 32.7. The zero-order chi connectivity index (χ0) is 35.9. The number of fused-ring (bicyclic) bond motifs is 3. The molecule has 2 N–H and O–H groups in total. The summed E-state index contributed by atoms with van der Waals surface area (Å²) >= 11 is 0. The van der Waals surface area contributed by atoms with Crippen molar-refractivity contribution < 1.29 is 43.1 Å². The van der Waals surface area contributed by atoms with Gasteiger partial charge < -0.3 is 38.3 Å². The third-order valence-electron chi connectivity index (χ3n) is 13.0. The molecule has 2 bridgehead atoms. The molecule has 0 aromatic heterocycles. The third kappa shape index (κ3) is 6.71. The van der Waals surface area contributed by atoms with E-state index in [-0.39, 0.29) is 35.9 Å². The Bertz CT molecular complexity index is 1370. The zero-order valence-electron chi connectivity index (χ0n) is 31.7. The summed E-state index contributed by atoms with van der Waals surface area (Å²) < 4.78 is 39.7.